The number of nitrogens with one attached hydrogen (secondary N) is 1. The molecule has 88 valence electrons. The van der Waals surface area contributed by atoms with Gasteiger partial charge < -0.3 is 10.4 Å². The van der Waals surface area contributed by atoms with Crippen molar-refractivity contribution in [2.24, 2.45) is 0 Å². The Bertz CT molecular complexity index is 513. The van der Waals surface area contributed by atoms with Crippen LogP contribution in [0, 0.1) is 5.82 Å². The number of amides is 3. The topological polar surface area (TPSA) is 86.7 Å². The summed E-state index contributed by atoms with van der Waals surface area (Å²) >= 11 is 0. The van der Waals surface area contributed by atoms with Gasteiger partial charge in [0.1, 0.15) is 5.82 Å². The molecule has 0 spiro atoms. The second kappa shape index (κ2) is 3.85. The van der Waals surface area contributed by atoms with Crippen molar-refractivity contribution in [1.29, 1.82) is 0 Å². The van der Waals surface area contributed by atoms with E-state index in [1.807, 2.05) is 0 Å². The maximum atomic E-state index is 13.5. The van der Waals surface area contributed by atoms with Crippen molar-refractivity contribution in [3.63, 3.8) is 0 Å². The Morgan fingerprint density at radius 2 is 2.12 bits per heavy atom. The summed E-state index contributed by atoms with van der Waals surface area (Å²) in [6, 6.07) is 2.13. The minimum Gasteiger partial charge on any atom is -0.478 e. The molecule has 3 amide bonds. The van der Waals surface area contributed by atoms with Gasteiger partial charge in [-0.1, -0.05) is 0 Å². The van der Waals surface area contributed by atoms with Crippen LogP contribution in [-0.4, -0.2) is 29.6 Å². The maximum absolute atomic E-state index is 13.5. The molecule has 0 unspecified atom stereocenters. The number of carboxylic acid groups (broad SMARTS) is 1. The van der Waals surface area contributed by atoms with Crippen LogP contribution in [0.1, 0.15) is 10.4 Å². The molecule has 1 heterocycles. The van der Waals surface area contributed by atoms with Gasteiger partial charge in [0.05, 0.1) is 17.8 Å². The lowest BCUT2D eigenvalue weighted by atomic mass is 10.2. The number of rotatable bonds is 2. The lowest BCUT2D eigenvalue weighted by Crippen LogP contribution is -2.31. The summed E-state index contributed by atoms with van der Waals surface area (Å²) < 4.78 is 13.5. The SMILES string of the molecule is O=C(O)c1ccc(F)c(N2C(=O)CNC2=O)c1. The number of halogens is 1. The summed E-state index contributed by atoms with van der Waals surface area (Å²) in [7, 11) is 0. The van der Waals surface area contributed by atoms with Gasteiger partial charge in [0.15, 0.2) is 0 Å². The van der Waals surface area contributed by atoms with Crippen molar-refractivity contribution in [3.05, 3.63) is 29.6 Å². The third-order valence-corrected chi connectivity index (χ3v) is 2.28. The molecular formula is C10H7FN2O4. The lowest BCUT2D eigenvalue weighted by molar-refractivity contribution is -0.115. The first-order valence-electron chi connectivity index (χ1n) is 4.64. The number of carboxylic acids is 1. The molecule has 0 aliphatic carbocycles. The van der Waals surface area contributed by atoms with E-state index in [9.17, 15) is 18.8 Å². The zero-order valence-corrected chi connectivity index (χ0v) is 8.44. The van der Waals surface area contributed by atoms with Crippen molar-refractivity contribution in [2.75, 3.05) is 11.4 Å². The van der Waals surface area contributed by atoms with Gasteiger partial charge in [-0.25, -0.2) is 18.9 Å². The summed E-state index contributed by atoms with van der Waals surface area (Å²) in [6.45, 7) is -0.227. The lowest BCUT2D eigenvalue weighted by Gasteiger charge is -2.13. The van der Waals surface area contributed by atoms with Gasteiger partial charge in [-0.2, -0.15) is 0 Å². The van der Waals surface area contributed by atoms with Crippen LogP contribution in [0.15, 0.2) is 18.2 Å². The molecule has 1 aromatic rings. The number of carbonyl (C=O) groups excluding carboxylic acids is 2. The van der Waals surface area contributed by atoms with Gasteiger partial charge in [-0.15, -0.1) is 0 Å². The molecule has 0 radical (unpaired) electrons. The average molecular weight is 238 g/mol. The molecule has 0 saturated carbocycles. The highest BCUT2D eigenvalue weighted by molar-refractivity contribution is 6.20. The van der Waals surface area contributed by atoms with Crippen molar-refractivity contribution in [3.8, 4) is 0 Å². The summed E-state index contributed by atoms with van der Waals surface area (Å²) in [5, 5.41) is 11.0. The molecule has 7 heteroatoms. The first-order valence-corrected chi connectivity index (χ1v) is 4.64. The minimum absolute atomic E-state index is 0.200. The molecule has 0 atom stereocenters. The van der Waals surface area contributed by atoms with E-state index in [4.69, 9.17) is 5.11 Å². The standard InChI is InChI=1S/C10H7FN2O4/c11-6-2-1-5(9(15)16)3-7(6)13-8(14)4-12-10(13)17/h1-3H,4H2,(H,12,17)(H,15,16). The van der Waals surface area contributed by atoms with Crippen LogP contribution in [0.2, 0.25) is 0 Å². The highest BCUT2D eigenvalue weighted by Gasteiger charge is 2.32. The zero-order valence-electron chi connectivity index (χ0n) is 8.44. The first kappa shape index (κ1) is 11.1. The number of anilines is 1. The minimum atomic E-state index is -1.27. The summed E-state index contributed by atoms with van der Waals surface area (Å²) in [4.78, 5) is 33.9. The number of carbonyl (C=O) groups is 3. The normalized spacial score (nSPS) is 15.0. The predicted molar refractivity (Wildman–Crippen MR) is 54.2 cm³/mol. The first-order chi connectivity index (χ1) is 8.00. The fourth-order valence-electron chi connectivity index (χ4n) is 1.48. The van der Waals surface area contributed by atoms with Crippen LogP contribution in [0.5, 0.6) is 0 Å². The van der Waals surface area contributed by atoms with Gasteiger partial charge in [-0.3, -0.25) is 4.79 Å². The molecule has 0 bridgehead atoms. The van der Waals surface area contributed by atoms with Crippen molar-refractivity contribution < 1.29 is 23.9 Å². The van der Waals surface area contributed by atoms with Crippen LogP contribution in [0.4, 0.5) is 14.9 Å². The third-order valence-electron chi connectivity index (χ3n) is 2.28. The van der Waals surface area contributed by atoms with Crippen LogP contribution < -0.4 is 10.2 Å². The highest BCUT2D eigenvalue weighted by atomic mass is 19.1. The second-order valence-electron chi connectivity index (χ2n) is 3.36. The molecular weight excluding hydrogens is 231 g/mol. The van der Waals surface area contributed by atoms with E-state index in [0.717, 1.165) is 18.2 Å². The second-order valence-corrected chi connectivity index (χ2v) is 3.36. The number of nitrogens with zero attached hydrogens (tertiary/aromatic N) is 1. The van der Waals surface area contributed by atoms with Crippen molar-refractivity contribution in [2.45, 2.75) is 0 Å². The number of benzene rings is 1. The number of aromatic carboxylic acids is 1. The van der Waals surface area contributed by atoms with Gasteiger partial charge >= 0.3 is 12.0 Å². The van der Waals surface area contributed by atoms with Crippen molar-refractivity contribution in [1.82, 2.24) is 5.32 Å². The zero-order chi connectivity index (χ0) is 12.6. The molecule has 1 fully saturated rings. The Kier molecular flexibility index (Phi) is 2.51. The Morgan fingerprint density at radius 3 is 2.65 bits per heavy atom. The quantitative estimate of drug-likeness (QED) is 0.738. The van der Waals surface area contributed by atoms with E-state index in [1.165, 1.54) is 0 Å². The molecule has 2 rings (SSSR count). The van der Waals surface area contributed by atoms with Gasteiger partial charge in [0, 0.05) is 0 Å². The summed E-state index contributed by atoms with van der Waals surface area (Å²) in [6.07, 6.45) is 0. The highest BCUT2D eigenvalue weighted by Crippen LogP contribution is 2.23. The Hall–Kier alpha value is -2.44. The van der Waals surface area contributed by atoms with Gasteiger partial charge in [0.25, 0.3) is 5.91 Å². The van der Waals surface area contributed by atoms with Crippen LogP contribution >= 0.6 is 0 Å². The maximum Gasteiger partial charge on any atom is 0.335 e. The van der Waals surface area contributed by atoms with Gasteiger partial charge in [-0.05, 0) is 18.2 Å². The van der Waals surface area contributed by atoms with E-state index in [2.05, 4.69) is 5.32 Å². The number of hydrogen-bond donors (Lipinski definition) is 2. The number of imide groups is 1. The fourth-order valence-corrected chi connectivity index (χ4v) is 1.48. The molecule has 6 nitrogen and oxygen atoms in total. The van der Waals surface area contributed by atoms with Gasteiger partial charge in [0.2, 0.25) is 0 Å². The number of hydrogen-bond acceptors (Lipinski definition) is 3. The smallest absolute Gasteiger partial charge is 0.335 e. The Morgan fingerprint density at radius 1 is 1.41 bits per heavy atom. The Balaban J connectivity index is 2.50. The summed E-state index contributed by atoms with van der Waals surface area (Å²) in [5.74, 6) is -2.73. The molecule has 0 aromatic heterocycles. The number of urea groups is 1. The van der Waals surface area contributed by atoms with Crippen molar-refractivity contribution >= 4 is 23.6 Å². The van der Waals surface area contributed by atoms with E-state index < -0.39 is 23.7 Å². The molecule has 1 aliphatic rings. The van der Waals surface area contributed by atoms with Crippen LogP contribution in [0.3, 0.4) is 0 Å². The molecule has 1 aromatic carbocycles. The largest absolute Gasteiger partial charge is 0.478 e. The molecule has 17 heavy (non-hydrogen) atoms. The van der Waals surface area contributed by atoms with E-state index in [0.29, 0.717) is 4.90 Å². The molecule has 1 aliphatic heterocycles. The predicted octanol–water partition coefficient (Wildman–Crippen LogP) is 0.580. The van der Waals surface area contributed by atoms with E-state index in [-0.39, 0.29) is 17.8 Å². The van der Waals surface area contributed by atoms with E-state index >= 15 is 0 Å². The molecule has 2 N–H and O–H groups in total. The summed E-state index contributed by atoms with van der Waals surface area (Å²) in [5.41, 5.74) is -0.557. The van der Waals surface area contributed by atoms with E-state index in [1.54, 1.807) is 0 Å². The van der Waals surface area contributed by atoms with Crippen LogP contribution in [-0.2, 0) is 4.79 Å². The fraction of sp³-hybridized carbons (Fsp3) is 0.100. The Labute approximate surface area is 94.6 Å². The molecule has 1 saturated heterocycles. The average Bonchev–Trinajstić information content (AvgIpc) is 2.59. The third kappa shape index (κ3) is 1.82. The van der Waals surface area contributed by atoms with Crippen LogP contribution in [0.25, 0.3) is 0 Å². The monoisotopic (exact) mass is 238 g/mol.